The molecule has 1 heterocycles. The van der Waals surface area contributed by atoms with Gasteiger partial charge < -0.3 is 0 Å². The van der Waals surface area contributed by atoms with E-state index in [0.717, 1.165) is 18.5 Å². The molecule has 0 saturated carbocycles. The van der Waals surface area contributed by atoms with Crippen molar-refractivity contribution >= 4 is 0 Å². The van der Waals surface area contributed by atoms with Gasteiger partial charge in [0.15, 0.2) is 0 Å². The smallest absolute Gasteiger partial charge is 0.0406 e. The molecular weight excluding hydrogens is 362 g/mol. The third kappa shape index (κ3) is 3.94. The molecule has 0 atom stereocenters. The number of hydrogen-bond donors (Lipinski definition) is 0. The van der Waals surface area contributed by atoms with Gasteiger partial charge in [-0.2, -0.15) is 35.9 Å². The van der Waals surface area contributed by atoms with Crippen LogP contribution in [0.4, 0.5) is 0 Å². The van der Waals surface area contributed by atoms with Crippen LogP contribution in [0.15, 0.2) is 48.7 Å². The SMILES string of the molecule is [Ir].[c-]1ccccc1CCc1ccccn1. The van der Waals surface area contributed by atoms with Gasteiger partial charge in [-0.3, -0.25) is 4.98 Å². The first kappa shape index (κ1) is 12.1. The Balaban J connectivity index is 0.00000112. The second-order valence-corrected chi connectivity index (χ2v) is 3.21. The van der Waals surface area contributed by atoms with Crippen molar-refractivity contribution in [2.45, 2.75) is 12.8 Å². The monoisotopic (exact) mass is 375 g/mol. The van der Waals surface area contributed by atoms with Gasteiger partial charge in [-0.1, -0.05) is 6.07 Å². The average Bonchev–Trinajstić information content (AvgIpc) is 2.29. The number of rotatable bonds is 3. The summed E-state index contributed by atoms with van der Waals surface area (Å²) in [6.07, 6.45) is 3.84. The summed E-state index contributed by atoms with van der Waals surface area (Å²) in [6, 6.07) is 17.3. The standard InChI is InChI=1S/C13H12N.Ir/c1-2-6-12(7-3-1)9-10-13-8-4-5-11-14-13;/h1-6,8,11H,9-10H2;/q-1;. The summed E-state index contributed by atoms with van der Waals surface area (Å²) < 4.78 is 0. The molecule has 2 heteroatoms. The van der Waals surface area contributed by atoms with Crippen molar-refractivity contribution in [3.63, 3.8) is 0 Å². The molecule has 2 aromatic rings. The van der Waals surface area contributed by atoms with Crippen molar-refractivity contribution in [3.05, 3.63) is 66.0 Å². The Labute approximate surface area is 104 Å². The number of benzene rings is 1. The topological polar surface area (TPSA) is 12.9 Å². The summed E-state index contributed by atoms with van der Waals surface area (Å²) in [6.45, 7) is 0. The van der Waals surface area contributed by atoms with Crippen LogP contribution in [0.2, 0.25) is 0 Å². The Morgan fingerprint density at radius 1 is 1.00 bits per heavy atom. The fourth-order valence-corrected chi connectivity index (χ4v) is 1.39. The summed E-state index contributed by atoms with van der Waals surface area (Å²) in [5.41, 5.74) is 2.39. The van der Waals surface area contributed by atoms with Crippen LogP contribution in [0.1, 0.15) is 11.3 Å². The quantitative estimate of drug-likeness (QED) is 0.753. The van der Waals surface area contributed by atoms with Crippen LogP contribution in [0.5, 0.6) is 0 Å². The molecule has 1 radical (unpaired) electrons. The van der Waals surface area contributed by atoms with Crippen LogP contribution >= 0.6 is 0 Å². The summed E-state index contributed by atoms with van der Waals surface area (Å²) in [4.78, 5) is 4.28. The molecule has 0 N–H and O–H groups in total. The molecule has 1 aromatic heterocycles. The van der Waals surface area contributed by atoms with Gasteiger partial charge >= 0.3 is 0 Å². The van der Waals surface area contributed by atoms with E-state index in [9.17, 15) is 0 Å². The second kappa shape index (κ2) is 6.49. The Hall–Kier alpha value is -0.981. The maximum absolute atomic E-state index is 4.28. The van der Waals surface area contributed by atoms with E-state index in [0.29, 0.717) is 0 Å². The van der Waals surface area contributed by atoms with Crippen LogP contribution < -0.4 is 0 Å². The van der Waals surface area contributed by atoms with Gasteiger partial charge in [0, 0.05) is 32.0 Å². The fraction of sp³-hybridized carbons (Fsp3) is 0.154. The molecule has 0 aliphatic heterocycles. The number of hydrogen-bond acceptors (Lipinski definition) is 1. The molecule has 1 aromatic carbocycles. The first-order valence-electron chi connectivity index (χ1n) is 4.80. The number of nitrogens with zero attached hydrogens (tertiary/aromatic N) is 1. The van der Waals surface area contributed by atoms with E-state index < -0.39 is 0 Å². The summed E-state index contributed by atoms with van der Waals surface area (Å²) in [7, 11) is 0. The molecule has 15 heavy (non-hydrogen) atoms. The molecule has 2 rings (SSSR count). The first-order chi connectivity index (χ1) is 6.95. The first-order valence-corrected chi connectivity index (χ1v) is 4.80. The van der Waals surface area contributed by atoms with E-state index in [1.165, 1.54) is 5.56 Å². The number of pyridine rings is 1. The number of aryl methyl sites for hydroxylation is 2. The van der Waals surface area contributed by atoms with Crippen LogP contribution in [-0.2, 0) is 32.9 Å². The zero-order chi connectivity index (χ0) is 9.64. The molecule has 0 bridgehead atoms. The Morgan fingerprint density at radius 2 is 1.87 bits per heavy atom. The molecule has 0 unspecified atom stereocenters. The van der Waals surface area contributed by atoms with Gasteiger partial charge in [0.25, 0.3) is 0 Å². The van der Waals surface area contributed by atoms with Crippen molar-refractivity contribution in [1.29, 1.82) is 0 Å². The molecule has 0 spiro atoms. The fourth-order valence-electron chi connectivity index (χ4n) is 1.39. The molecule has 0 fully saturated rings. The van der Waals surface area contributed by atoms with Crippen molar-refractivity contribution < 1.29 is 20.1 Å². The molecule has 1 nitrogen and oxygen atoms in total. The second-order valence-electron chi connectivity index (χ2n) is 3.21. The maximum Gasteiger partial charge on any atom is 0.0406 e. The van der Waals surface area contributed by atoms with E-state index in [1.54, 1.807) is 0 Å². The zero-order valence-corrected chi connectivity index (χ0v) is 10.7. The van der Waals surface area contributed by atoms with Crippen LogP contribution in [0, 0.1) is 6.07 Å². The minimum absolute atomic E-state index is 0. The van der Waals surface area contributed by atoms with Crippen molar-refractivity contribution in [2.24, 2.45) is 0 Å². The van der Waals surface area contributed by atoms with E-state index >= 15 is 0 Å². The predicted octanol–water partition coefficient (Wildman–Crippen LogP) is 2.66. The average molecular weight is 374 g/mol. The summed E-state index contributed by atoms with van der Waals surface area (Å²) in [5, 5.41) is 0. The van der Waals surface area contributed by atoms with Crippen LogP contribution in [0.3, 0.4) is 0 Å². The van der Waals surface area contributed by atoms with Gasteiger partial charge in [0.2, 0.25) is 0 Å². The Morgan fingerprint density at radius 3 is 2.53 bits per heavy atom. The summed E-state index contributed by atoms with van der Waals surface area (Å²) in [5.74, 6) is 0. The molecule has 0 aliphatic carbocycles. The Kier molecular flexibility index (Phi) is 5.23. The van der Waals surface area contributed by atoms with E-state index in [1.807, 2.05) is 36.5 Å². The van der Waals surface area contributed by atoms with E-state index in [2.05, 4.69) is 23.2 Å². The number of aromatic nitrogens is 1. The minimum atomic E-state index is 0. The van der Waals surface area contributed by atoms with Crippen molar-refractivity contribution in [1.82, 2.24) is 4.98 Å². The van der Waals surface area contributed by atoms with E-state index in [4.69, 9.17) is 0 Å². The van der Waals surface area contributed by atoms with Crippen LogP contribution in [0.25, 0.3) is 0 Å². The molecule has 0 saturated heterocycles. The van der Waals surface area contributed by atoms with Gasteiger partial charge in [0.1, 0.15) is 0 Å². The molecular formula is C13H12IrN-. The van der Waals surface area contributed by atoms with Gasteiger partial charge in [-0.15, -0.1) is 0 Å². The van der Waals surface area contributed by atoms with Gasteiger partial charge in [-0.25, -0.2) is 0 Å². The summed E-state index contributed by atoms with van der Waals surface area (Å²) >= 11 is 0. The minimum Gasteiger partial charge on any atom is -0.261 e. The predicted molar refractivity (Wildman–Crippen MR) is 56.9 cm³/mol. The van der Waals surface area contributed by atoms with Gasteiger partial charge in [-0.05, 0) is 25.0 Å². The molecule has 79 valence electrons. The van der Waals surface area contributed by atoms with Crippen molar-refractivity contribution in [3.8, 4) is 0 Å². The van der Waals surface area contributed by atoms with Crippen molar-refractivity contribution in [2.75, 3.05) is 0 Å². The zero-order valence-electron chi connectivity index (χ0n) is 8.31. The molecule has 0 aliphatic rings. The van der Waals surface area contributed by atoms with Crippen LogP contribution in [-0.4, -0.2) is 4.98 Å². The largest absolute Gasteiger partial charge is 0.261 e. The normalized spacial score (nSPS) is 9.33. The maximum atomic E-state index is 4.28. The Bertz CT molecular complexity index is 333. The third-order valence-corrected chi connectivity index (χ3v) is 2.15. The van der Waals surface area contributed by atoms with E-state index in [-0.39, 0.29) is 20.1 Å². The molecule has 0 amide bonds. The van der Waals surface area contributed by atoms with Gasteiger partial charge in [0.05, 0.1) is 0 Å². The third-order valence-electron chi connectivity index (χ3n) is 2.15.